The van der Waals surface area contributed by atoms with Crippen molar-refractivity contribution in [2.45, 2.75) is 0 Å². The normalized spacial score (nSPS) is 17.1. The van der Waals surface area contributed by atoms with Crippen molar-refractivity contribution in [3.05, 3.63) is 24.0 Å². The molecule has 0 amide bonds. The molecule has 0 aromatic heterocycles. The average molecular weight is 253 g/mol. The molecular formula is C13H20FN3O. The first-order valence-corrected chi connectivity index (χ1v) is 6.22. The van der Waals surface area contributed by atoms with Crippen LogP contribution in [0, 0.1) is 5.82 Å². The molecule has 0 atom stereocenters. The van der Waals surface area contributed by atoms with Crippen molar-refractivity contribution in [1.82, 2.24) is 4.90 Å². The van der Waals surface area contributed by atoms with Gasteiger partial charge in [-0.25, -0.2) is 4.39 Å². The summed E-state index contributed by atoms with van der Waals surface area (Å²) in [6.45, 7) is 5.53. The van der Waals surface area contributed by atoms with Gasteiger partial charge in [-0.2, -0.15) is 0 Å². The van der Waals surface area contributed by atoms with Crippen LogP contribution in [-0.4, -0.2) is 51.3 Å². The molecule has 1 aliphatic rings. The zero-order valence-corrected chi connectivity index (χ0v) is 10.7. The lowest BCUT2D eigenvalue weighted by atomic mass is 10.2. The van der Waals surface area contributed by atoms with Gasteiger partial charge in [0.25, 0.3) is 0 Å². The summed E-state index contributed by atoms with van der Waals surface area (Å²) < 4.78 is 18.1. The molecule has 0 spiro atoms. The van der Waals surface area contributed by atoms with Gasteiger partial charge in [0, 0.05) is 39.8 Å². The Morgan fingerprint density at radius 2 is 2.00 bits per heavy atom. The second kappa shape index (κ2) is 6.02. The average Bonchev–Trinajstić information content (AvgIpc) is 2.37. The summed E-state index contributed by atoms with van der Waals surface area (Å²) in [4.78, 5) is 4.57. The fourth-order valence-electron chi connectivity index (χ4n) is 2.25. The van der Waals surface area contributed by atoms with E-state index in [9.17, 15) is 4.39 Å². The van der Waals surface area contributed by atoms with Gasteiger partial charge in [-0.05, 0) is 18.2 Å². The minimum absolute atomic E-state index is 0.282. The Labute approximate surface area is 107 Å². The molecule has 1 aromatic rings. The first kappa shape index (κ1) is 13.1. The van der Waals surface area contributed by atoms with Crippen LogP contribution in [0.3, 0.4) is 0 Å². The van der Waals surface area contributed by atoms with Gasteiger partial charge < -0.3 is 15.4 Å². The molecule has 0 aliphatic carbocycles. The number of hydrogen-bond donors (Lipinski definition) is 1. The standard InChI is InChI=1S/C13H20FN3O/c1-18-9-8-16-4-6-17(7-5-16)13-3-2-11(14)10-12(13)15/h2-3,10H,4-9,15H2,1H3. The summed E-state index contributed by atoms with van der Waals surface area (Å²) >= 11 is 0. The van der Waals surface area contributed by atoms with E-state index in [-0.39, 0.29) is 5.82 Å². The lowest BCUT2D eigenvalue weighted by Crippen LogP contribution is -2.47. The number of piperazine rings is 1. The molecule has 5 heteroatoms. The van der Waals surface area contributed by atoms with Gasteiger partial charge in [-0.1, -0.05) is 0 Å². The quantitative estimate of drug-likeness (QED) is 0.818. The number of nitrogens with zero attached hydrogens (tertiary/aromatic N) is 2. The van der Waals surface area contributed by atoms with Gasteiger partial charge in [0.15, 0.2) is 0 Å². The Balaban J connectivity index is 1.93. The fraction of sp³-hybridized carbons (Fsp3) is 0.538. The number of ether oxygens (including phenoxy) is 1. The molecule has 1 saturated heterocycles. The lowest BCUT2D eigenvalue weighted by molar-refractivity contribution is 0.144. The molecule has 1 aromatic carbocycles. The minimum atomic E-state index is -0.282. The molecule has 4 nitrogen and oxygen atoms in total. The van der Waals surface area contributed by atoms with Gasteiger partial charge in [0.1, 0.15) is 5.82 Å². The molecule has 100 valence electrons. The van der Waals surface area contributed by atoms with Crippen LogP contribution in [0.5, 0.6) is 0 Å². The monoisotopic (exact) mass is 253 g/mol. The summed E-state index contributed by atoms with van der Waals surface area (Å²) in [5.74, 6) is -0.282. The van der Waals surface area contributed by atoms with Crippen molar-refractivity contribution >= 4 is 11.4 Å². The molecule has 0 radical (unpaired) electrons. The highest BCUT2D eigenvalue weighted by Crippen LogP contribution is 2.24. The van der Waals surface area contributed by atoms with Crippen molar-refractivity contribution in [3.8, 4) is 0 Å². The molecule has 0 unspecified atom stereocenters. The molecular weight excluding hydrogens is 233 g/mol. The largest absolute Gasteiger partial charge is 0.397 e. The van der Waals surface area contributed by atoms with Crippen LogP contribution >= 0.6 is 0 Å². The van der Waals surface area contributed by atoms with E-state index in [0.29, 0.717) is 5.69 Å². The SMILES string of the molecule is COCCN1CCN(c2ccc(F)cc2N)CC1. The van der Waals surface area contributed by atoms with Gasteiger partial charge in [0.2, 0.25) is 0 Å². The highest BCUT2D eigenvalue weighted by Gasteiger charge is 2.18. The third-order valence-electron chi connectivity index (χ3n) is 3.31. The topological polar surface area (TPSA) is 41.7 Å². The number of halogens is 1. The number of methoxy groups -OCH3 is 1. The van der Waals surface area contributed by atoms with E-state index in [1.807, 2.05) is 0 Å². The van der Waals surface area contributed by atoms with E-state index in [1.165, 1.54) is 12.1 Å². The van der Waals surface area contributed by atoms with Crippen LogP contribution in [0.2, 0.25) is 0 Å². The molecule has 2 N–H and O–H groups in total. The van der Waals surface area contributed by atoms with Crippen molar-refractivity contribution in [3.63, 3.8) is 0 Å². The van der Waals surface area contributed by atoms with Crippen LogP contribution in [-0.2, 0) is 4.74 Å². The van der Waals surface area contributed by atoms with Crippen molar-refractivity contribution in [2.75, 3.05) is 57.1 Å². The van der Waals surface area contributed by atoms with E-state index in [1.54, 1.807) is 13.2 Å². The molecule has 0 bridgehead atoms. The number of hydrogen-bond acceptors (Lipinski definition) is 4. The summed E-state index contributed by atoms with van der Waals surface area (Å²) in [5, 5.41) is 0. The second-order valence-corrected chi connectivity index (χ2v) is 4.52. The minimum Gasteiger partial charge on any atom is -0.397 e. The fourth-order valence-corrected chi connectivity index (χ4v) is 2.25. The molecule has 0 saturated carbocycles. The number of nitrogens with two attached hydrogens (primary N) is 1. The van der Waals surface area contributed by atoms with Crippen LogP contribution in [0.1, 0.15) is 0 Å². The van der Waals surface area contributed by atoms with Gasteiger partial charge >= 0.3 is 0 Å². The highest BCUT2D eigenvalue weighted by atomic mass is 19.1. The molecule has 1 heterocycles. The third-order valence-corrected chi connectivity index (χ3v) is 3.31. The maximum atomic E-state index is 13.0. The molecule has 18 heavy (non-hydrogen) atoms. The van der Waals surface area contributed by atoms with Gasteiger partial charge in [-0.3, -0.25) is 4.90 Å². The Kier molecular flexibility index (Phi) is 4.38. The number of anilines is 2. The van der Waals surface area contributed by atoms with Gasteiger partial charge in [0.05, 0.1) is 18.0 Å². The van der Waals surface area contributed by atoms with Crippen LogP contribution in [0.15, 0.2) is 18.2 Å². The Bertz CT molecular complexity index is 392. The summed E-state index contributed by atoms with van der Waals surface area (Å²) in [6.07, 6.45) is 0. The Morgan fingerprint density at radius 3 is 2.61 bits per heavy atom. The van der Waals surface area contributed by atoms with Crippen molar-refractivity contribution in [2.24, 2.45) is 0 Å². The maximum absolute atomic E-state index is 13.0. The first-order chi connectivity index (χ1) is 8.70. The Morgan fingerprint density at radius 1 is 1.28 bits per heavy atom. The summed E-state index contributed by atoms with van der Waals surface area (Å²) in [7, 11) is 1.72. The second-order valence-electron chi connectivity index (χ2n) is 4.52. The van der Waals surface area contributed by atoms with E-state index < -0.39 is 0 Å². The van der Waals surface area contributed by atoms with E-state index >= 15 is 0 Å². The zero-order chi connectivity index (χ0) is 13.0. The van der Waals surface area contributed by atoms with E-state index in [0.717, 1.165) is 45.0 Å². The Hall–Kier alpha value is -1.33. The van der Waals surface area contributed by atoms with Crippen molar-refractivity contribution < 1.29 is 9.13 Å². The zero-order valence-electron chi connectivity index (χ0n) is 10.7. The van der Waals surface area contributed by atoms with Crippen LogP contribution in [0.25, 0.3) is 0 Å². The predicted molar refractivity (Wildman–Crippen MR) is 71.3 cm³/mol. The third kappa shape index (κ3) is 3.11. The lowest BCUT2D eigenvalue weighted by Gasteiger charge is -2.36. The molecule has 2 rings (SSSR count). The van der Waals surface area contributed by atoms with Gasteiger partial charge in [-0.15, -0.1) is 0 Å². The van der Waals surface area contributed by atoms with Crippen LogP contribution in [0.4, 0.5) is 15.8 Å². The summed E-state index contributed by atoms with van der Waals surface area (Å²) in [5.41, 5.74) is 7.30. The highest BCUT2D eigenvalue weighted by molar-refractivity contribution is 5.67. The smallest absolute Gasteiger partial charge is 0.125 e. The first-order valence-electron chi connectivity index (χ1n) is 6.22. The van der Waals surface area contributed by atoms with E-state index in [2.05, 4.69) is 9.80 Å². The van der Waals surface area contributed by atoms with Crippen molar-refractivity contribution in [1.29, 1.82) is 0 Å². The molecule has 1 fully saturated rings. The summed E-state index contributed by atoms with van der Waals surface area (Å²) in [6, 6.07) is 4.60. The maximum Gasteiger partial charge on any atom is 0.125 e. The van der Waals surface area contributed by atoms with E-state index in [4.69, 9.17) is 10.5 Å². The predicted octanol–water partition coefficient (Wildman–Crippen LogP) is 1.18. The number of nitrogen functional groups attached to an aromatic ring is 1. The number of benzene rings is 1. The van der Waals surface area contributed by atoms with Crippen LogP contribution < -0.4 is 10.6 Å². The molecule has 1 aliphatic heterocycles. The number of rotatable bonds is 4.